The molecule has 2 rings (SSSR count). The zero-order valence-corrected chi connectivity index (χ0v) is 8.28. The largest absolute Gasteiger partial charge is 0.466 e. The molecule has 0 spiro atoms. The normalized spacial score (nSPS) is 35.6. The molecule has 0 aromatic carbocycles. The Morgan fingerprint density at radius 1 is 1.71 bits per heavy atom. The number of fused-ring (bicyclic) bond motifs is 1. The molecule has 5 heteroatoms. The van der Waals surface area contributed by atoms with Crippen molar-refractivity contribution in [2.45, 2.75) is 18.9 Å². The summed E-state index contributed by atoms with van der Waals surface area (Å²) in [6, 6.07) is 0. The number of oxime groups is 1. The number of ether oxygens (including phenoxy) is 2. The van der Waals surface area contributed by atoms with Crippen molar-refractivity contribution in [1.29, 1.82) is 0 Å². The quantitative estimate of drug-likeness (QED) is 0.571. The topological polar surface area (TPSA) is 57.1 Å². The van der Waals surface area contributed by atoms with Gasteiger partial charge < -0.3 is 14.3 Å². The molecule has 0 bridgehead atoms. The van der Waals surface area contributed by atoms with Crippen LogP contribution in [-0.4, -0.2) is 37.6 Å². The third-order valence-electron chi connectivity index (χ3n) is 2.85. The highest BCUT2D eigenvalue weighted by Gasteiger charge is 2.56. The molecular formula is C9H13NO4. The van der Waals surface area contributed by atoms with Crippen molar-refractivity contribution >= 4 is 11.7 Å². The second kappa shape index (κ2) is 3.24. The Bertz CT molecular complexity index is 289. The molecule has 2 atom stereocenters. The summed E-state index contributed by atoms with van der Waals surface area (Å²) in [6.07, 6.45) is 0.505. The van der Waals surface area contributed by atoms with Gasteiger partial charge in [-0.25, -0.2) is 4.79 Å². The molecule has 1 saturated heterocycles. The Labute approximate surface area is 82.0 Å². The molecule has 0 saturated carbocycles. The molecule has 5 nitrogen and oxygen atoms in total. The zero-order valence-electron chi connectivity index (χ0n) is 8.28. The van der Waals surface area contributed by atoms with E-state index in [2.05, 4.69) is 5.16 Å². The molecule has 2 unspecified atom stereocenters. The van der Waals surface area contributed by atoms with Gasteiger partial charge in [0.25, 0.3) is 0 Å². The first-order valence-electron chi connectivity index (χ1n) is 4.59. The van der Waals surface area contributed by atoms with Crippen molar-refractivity contribution in [2.75, 3.05) is 20.3 Å². The van der Waals surface area contributed by atoms with E-state index in [1.807, 2.05) is 6.92 Å². The highest BCUT2D eigenvalue weighted by Crippen LogP contribution is 2.37. The first kappa shape index (κ1) is 9.45. The molecule has 0 amide bonds. The predicted octanol–water partition coefficient (Wildman–Crippen LogP) is 0.341. The van der Waals surface area contributed by atoms with Gasteiger partial charge in [-0.05, 0) is 6.92 Å². The van der Waals surface area contributed by atoms with E-state index in [0.717, 1.165) is 5.71 Å². The lowest BCUT2D eigenvalue weighted by Gasteiger charge is -2.33. The van der Waals surface area contributed by atoms with Gasteiger partial charge in [-0.3, -0.25) is 0 Å². The van der Waals surface area contributed by atoms with Crippen molar-refractivity contribution in [3.05, 3.63) is 0 Å². The number of hydrogen-bond donors (Lipinski definition) is 0. The summed E-state index contributed by atoms with van der Waals surface area (Å²) >= 11 is 0. The van der Waals surface area contributed by atoms with Gasteiger partial charge in [0, 0.05) is 6.42 Å². The third kappa shape index (κ3) is 1.12. The fraction of sp³-hybridized carbons (Fsp3) is 0.778. The Hall–Kier alpha value is -1.10. The van der Waals surface area contributed by atoms with Crippen LogP contribution in [0.5, 0.6) is 0 Å². The van der Waals surface area contributed by atoms with Crippen molar-refractivity contribution < 1.29 is 19.1 Å². The van der Waals surface area contributed by atoms with E-state index in [1.54, 1.807) is 0 Å². The van der Waals surface area contributed by atoms with E-state index in [1.165, 1.54) is 7.11 Å². The molecule has 0 radical (unpaired) electrons. The van der Waals surface area contributed by atoms with E-state index in [9.17, 15) is 4.79 Å². The summed E-state index contributed by atoms with van der Waals surface area (Å²) in [5.41, 5.74) is -0.119. The van der Waals surface area contributed by atoms with Gasteiger partial charge in [-0.2, -0.15) is 0 Å². The van der Waals surface area contributed by atoms with Crippen molar-refractivity contribution in [1.82, 2.24) is 0 Å². The number of hydrogen-bond acceptors (Lipinski definition) is 5. The Morgan fingerprint density at radius 3 is 3.21 bits per heavy atom. The number of carbonyl (C=O) groups is 1. The number of rotatable bonds is 1. The summed E-state index contributed by atoms with van der Waals surface area (Å²) in [6.45, 7) is 2.82. The SMILES string of the molecule is COC(=O)C12CCOCC1C(C)=NO2. The van der Waals surface area contributed by atoms with E-state index in [-0.39, 0.29) is 11.9 Å². The van der Waals surface area contributed by atoms with E-state index in [0.29, 0.717) is 19.6 Å². The van der Waals surface area contributed by atoms with Gasteiger partial charge in [-0.1, -0.05) is 5.16 Å². The van der Waals surface area contributed by atoms with Crippen LogP contribution >= 0.6 is 0 Å². The maximum atomic E-state index is 11.6. The second-order valence-electron chi connectivity index (χ2n) is 3.58. The molecule has 2 aliphatic rings. The van der Waals surface area contributed by atoms with Crippen LogP contribution in [0.1, 0.15) is 13.3 Å². The van der Waals surface area contributed by atoms with Crippen molar-refractivity contribution in [3.8, 4) is 0 Å². The van der Waals surface area contributed by atoms with Gasteiger partial charge in [0.05, 0.1) is 32.0 Å². The van der Waals surface area contributed by atoms with Crippen LogP contribution in [0.4, 0.5) is 0 Å². The summed E-state index contributed by atoms with van der Waals surface area (Å²) in [4.78, 5) is 16.9. The molecule has 14 heavy (non-hydrogen) atoms. The molecule has 2 heterocycles. The van der Waals surface area contributed by atoms with Crippen LogP contribution in [0.2, 0.25) is 0 Å². The van der Waals surface area contributed by atoms with Crippen LogP contribution in [0.3, 0.4) is 0 Å². The predicted molar refractivity (Wildman–Crippen MR) is 47.9 cm³/mol. The highest BCUT2D eigenvalue weighted by atomic mass is 16.7. The average molecular weight is 199 g/mol. The van der Waals surface area contributed by atoms with E-state index >= 15 is 0 Å². The molecule has 2 aliphatic heterocycles. The average Bonchev–Trinajstić information content (AvgIpc) is 2.57. The minimum atomic E-state index is -0.920. The Balaban J connectivity index is 2.28. The number of methoxy groups -OCH3 is 1. The Kier molecular flexibility index (Phi) is 2.19. The maximum Gasteiger partial charge on any atom is 0.353 e. The molecule has 78 valence electrons. The number of esters is 1. The maximum absolute atomic E-state index is 11.6. The van der Waals surface area contributed by atoms with Crippen molar-refractivity contribution in [3.63, 3.8) is 0 Å². The number of carbonyl (C=O) groups excluding carboxylic acids is 1. The standard InChI is InChI=1S/C9H13NO4/c1-6-7-5-13-4-3-9(7,14-10-6)8(11)12-2/h7H,3-5H2,1-2H3. The third-order valence-corrected chi connectivity index (χ3v) is 2.85. The van der Waals surface area contributed by atoms with Crippen LogP contribution < -0.4 is 0 Å². The Morgan fingerprint density at radius 2 is 2.50 bits per heavy atom. The van der Waals surface area contributed by atoms with Gasteiger partial charge in [0.15, 0.2) is 0 Å². The number of nitrogens with zero attached hydrogens (tertiary/aromatic N) is 1. The van der Waals surface area contributed by atoms with Crippen LogP contribution in [-0.2, 0) is 19.1 Å². The van der Waals surface area contributed by atoms with Gasteiger partial charge in [0.1, 0.15) is 0 Å². The second-order valence-corrected chi connectivity index (χ2v) is 3.58. The van der Waals surface area contributed by atoms with Crippen LogP contribution in [0, 0.1) is 5.92 Å². The molecule has 0 aliphatic carbocycles. The lowest BCUT2D eigenvalue weighted by atomic mass is 9.81. The fourth-order valence-electron chi connectivity index (χ4n) is 1.97. The molecule has 0 aromatic heterocycles. The summed E-state index contributed by atoms with van der Waals surface area (Å²) < 4.78 is 10.1. The van der Waals surface area contributed by atoms with Crippen molar-refractivity contribution in [2.24, 2.45) is 11.1 Å². The molecule has 1 fully saturated rings. The van der Waals surface area contributed by atoms with E-state index in [4.69, 9.17) is 14.3 Å². The molecular weight excluding hydrogens is 186 g/mol. The first-order valence-corrected chi connectivity index (χ1v) is 4.59. The van der Waals surface area contributed by atoms with Gasteiger partial charge >= 0.3 is 5.97 Å². The van der Waals surface area contributed by atoms with Crippen LogP contribution in [0.25, 0.3) is 0 Å². The summed E-state index contributed by atoms with van der Waals surface area (Å²) in [5, 5.41) is 3.86. The molecule has 0 aromatic rings. The fourth-order valence-corrected chi connectivity index (χ4v) is 1.97. The minimum absolute atomic E-state index is 0.0938. The summed E-state index contributed by atoms with van der Waals surface area (Å²) in [7, 11) is 1.36. The van der Waals surface area contributed by atoms with Gasteiger partial charge in [0.2, 0.25) is 5.60 Å². The lowest BCUT2D eigenvalue weighted by molar-refractivity contribution is -0.182. The monoisotopic (exact) mass is 199 g/mol. The highest BCUT2D eigenvalue weighted by molar-refractivity contribution is 5.94. The van der Waals surface area contributed by atoms with E-state index < -0.39 is 5.60 Å². The smallest absolute Gasteiger partial charge is 0.353 e. The van der Waals surface area contributed by atoms with Gasteiger partial charge in [-0.15, -0.1) is 0 Å². The minimum Gasteiger partial charge on any atom is -0.466 e. The van der Waals surface area contributed by atoms with Crippen LogP contribution in [0.15, 0.2) is 5.16 Å². The zero-order chi connectivity index (χ0) is 10.2. The molecule has 0 N–H and O–H groups in total. The first-order chi connectivity index (χ1) is 6.70. The summed E-state index contributed by atoms with van der Waals surface area (Å²) in [5.74, 6) is -0.449. The lowest BCUT2D eigenvalue weighted by Crippen LogP contribution is -2.52.